The van der Waals surface area contributed by atoms with Gasteiger partial charge in [0.1, 0.15) is 0 Å². The van der Waals surface area contributed by atoms with Crippen molar-refractivity contribution in [1.82, 2.24) is 14.9 Å². The van der Waals surface area contributed by atoms with Gasteiger partial charge in [-0.1, -0.05) is 53.2 Å². The van der Waals surface area contributed by atoms with Gasteiger partial charge in [0, 0.05) is 20.3 Å². The highest BCUT2D eigenvalue weighted by Crippen LogP contribution is 2.26. The van der Waals surface area contributed by atoms with E-state index < -0.39 is 0 Å². The van der Waals surface area contributed by atoms with Gasteiger partial charge in [-0.25, -0.2) is 4.98 Å². The molecule has 9 heteroatoms. The number of halogens is 2. The molecule has 0 aliphatic heterocycles. The van der Waals surface area contributed by atoms with E-state index in [9.17, 15) is 9.59 Å². The first-order valence-electron chi connectivity index (χ1n) is 9.76. The molecule has 1 N–H and O–H groups in total. The topological polar surface area (TPSA) is 73.2 Å². The van der Waals surface area contributed by atoms with Crippen LogP contribution in [0.1, 0.15) is 24.9 Å². The van der Waals surface area contributed by atoms with Crippen molar-refractivity contribution in [3.05, 3.63) is 68.4 Å². The number of benzene rings is 2. The summed E-state index contributed by atoms with van der Waals surface area (Å²) < 4.78 is 6.72. The number of ether oxygens (including phenoxy) is 1. The number of hydrogen-bond donors (Lipinski definition) is 1. The van der Waals surface area contributed by atoms with Crippen LogP contribution in [0, 0.1) is 0 Å². The zero-order chi connectivity index (χ0) is 22.4. The minimum Gasteiger partial charge on any atom is -0.385 e. The van der Waals surface area contributed by atoms with E-state index in [1.54, 1.807) is 35.9 Å². The van der Waals surface area contributed by atoms with Gasteiger partial charge in [-0.3, -0.25) is 14.2 Å². The molecule has 31 heavy (non-hydrogen) atoms. The van der Waals surface area contributed by atoms with Crippen LogP contribution in [0.4, 0.5) is 0 Å². The van der Waals surface area contributed by atoms with Crippen LogP contribution in [-0.2, 0) is 16.1 Å². The molecule has 1 unspecified atom stereocenters. The first kappa shape index (κ1) is 23.6. The predicted octanol–water partition coefficient (Wildman–Crippen LogP) is 4.71. The van der Waals surface area contributed by atoms with E-state index in [0.717, 1.165) is 5.56 Å². The van der Waals surface area contributed by atoms with Crippen molar-refractivity contribution in [3.8, 4) is 0 Å². The number of nitrogens with zero attached hydrogens (tertiary/aromatic N) is 2. The number of amides is 1. The van der Waals surface area contributed by atoms with E-state index in [0.29, 0.717) is 45.7 Å². The third-order valence-corrected chi connectivity index (χ3v) is 6.43. The van der Waals surface area contributed by atoms with Crippen LogP contribution in [0.15, 0.2) is 52.4 Å². The average Bonchev–Trinajstić information content (AvgIpc) is 2.76. The van der Waals surface area contributed by atoms with Crippen LogP contribution < -0.4 is 10.9 Å². The van der Waals surface area contributed by atoms with Gasteiger partial charge in [-0.15, -0.1) is 0 Å². The molecule has 0 aliphatic rings. The van der Waals surface area contributed by atoms with Crippen LogP contribution in [0.3, 0.4) is 0 Å². The first-order chi connectivity index (χ1) is 14.9. The minimum atomic E-state index is -0.240. The molecule has 1 atom stereocenters. The number of thioether (sulfide) groups is 1. The summed E-state index contributed by atoms with van der Waals surface area (Å²) >= 11 is 13.3. The number of rotatable bonds is 9. The molecule has 0 saturated carbocycles. The Morgan fingerprint density at radius 3 is 2.74 bits per heavy atom. The van der Waals surface area contributed by atoms with E-state index in [1.807, 2.05) is 25.1 Å². The molecule has 0 fully saturated rings. The zero-order valence-corrected chi connectivity index (χ0v) is 19.6. The second-order valence-electron chi connectivity index (χ2n) is 6.97. The lowest BCUT2D eigenvalue weighted by Crippen LogP contribution is -2.29. The lowest BCUT2D eigenvalue weighted by Gasteiger charge is -2.16. The van der Waals surface area contributed by atoms with Gasteiger partial charge in [0.2, 0.25) is 5.91 Å². The molecule has 1 heterocycles. The number of carbonyl (C=O) groups excluding carboxylic acids is 1. The largest absolute Gasteiger partial charge is 0.385 e. The van der Waals surface area contributed by atoms with Crippen LogP contribution in [0.2, 0.25) is 10.0 Å². The molecular formula is C22H23Cl2N3O3S. The highest BCUT2D eigenvalue weighted by molar-refractivity contribution is 7.99. The number of aromatic nitrogens is 2. The fourth-order valence-corrected chi connectivity index (χ4v) is 4.24. The fraction of sp³-hybridized carbons (Fsp3) is 0.318. The molecule has 1 aromatic heterocycles. The Bertz CT molecular complexity index is 1140. The Morgan fingerprint density at radius 2 is 2.00 bits per heavy atom. The van der Waals surface area contributed by atoms with Gasteiger partial charge in [-0.2, -0.15) is 0 Å². The van der Waals surface area contributed by atoms with Crippen molar-refractivity contribution in [2.45, 2.75) is 31.1 Å². The highest BCUT2D eigenvalue weighted by Gasteiger charge is 2.15. The van der Waals surface area contributed by atoms with Crippen molar-refractivity contribution in [2.75, 3.05) is 19.5 Å². The maximum Gasteiger partial charge on any atom is 0.262 e. The SMILES string of the molecule is COCCCn1c(SCC(=O)NC(C)c2ccc(Cl)c(Cl)c2)nc2ccccc2c1=O. The van der Waals surface area contributed by atoms with E-state index in [1.165, 1.54) is 11.8 Å². The Kier molecular flexibility index (Phi) is 8.37. The molecular weight excluding hydrogens is 457 g/mol. The first-order valence-corrected chi connectivity index (χ1v) is 11.5. The summed E-state index contributed by atoms with van der Waals surface area (Å²) in [5.74, 6) is -0.0461. The smallest absolute Gasteiger partial charge is 0.262 e. The molecule has 2 aromatic carbocycles. The third-order valence-electron chi connectivity index (χ3n) is 4.71. The second-order valence-corrected chi connectivity index (χ2v) is 8.72. The molecule has 3 rings (SSSR count). The van der Waals surface area contributed by atoms with Crippen molar-refractivity contribution in [2.24, 2.45) is 0 Å². The molecule has 0 spiro atoms. The molecule has 1 amide bonds. The monoisotopic (exact) mass is 479 g/mol. The molecule has 0 radical (unpaired) electrons. The highest BCUT2D eigenvalue weighted by atomic mass is 35.5. The van der Waals surface area contributed by atoms with Gasteiger partial charge in [0.25, 0.3) is 5.56 Å². The Morgan fingerprint density at radius 1 is 1.23 bits per heavy atom. The Balaban J connectivity index is 1.74. The van der Waals surface area contributed by atoms with Gasteiger partial charge in [0.15, 0.2) is 5.16 Å². The quantitative estimate of drug-likeness (QED) is 0.273. The lowest BCUT2D eigenvalue weighted by molar-refractivity contribution is -0.119. The maximum atomic E-state index is 13.0. The van der Waals surface area contributed by atoms with Crippen LogP contribution in [0.5, 0.6) is 0 Å². The molecule has 3 aromatic rings. The maximum absolute atomic E-state index is 13.0. The van der Waals surface area contributed by atoms with Crippen molar-refractivity contribution in [3.63, 3.8) is 0 Å². The number of carbonyl (C=O) groups is 1. The van der Waals surface area contributed by atoms with Gasteiger partial charge < -0.3 is 10.1 Å². The summed E-state index contributed by atoms with van der Waals surface area (Å²) in [4.78, 5) is 30.1. The number of fused-ring (bicyclic) bond motifs is 1. The molecule has 6 nitrogen and oxygen atoms in total. The normalized spacial score (nSPS) is 12.1. The number of hydrogen-bond acceptors (Lipinski definition) is 5. The molecule has 0 bridgehead atoms. The van der Waals surface area contributed by atoms with Crippen LogP contribution >= 0.6 is 35.0 Å². The Hall–Kier alpha value is -2.06. The number of para-hydroxylation sites is 1. The van der Waals surface area contributed by atoms with Crippen LogP contribution in [-0.4, -0.2) is 34.9 Å². The summed E-state index contributed by atoms with van der Waals surface area (Å²) in [5, 5.41) is 4.91. The zero-order valence-electron chi connectivity index (χ0n) is 17.2. The molecule has 0 saturated heterocycles. The van der Waals surface area contributed by atoms with E-state index in [-0.39, 0.29) is 23.3 Å². The summed E-state index contributed by atoms with van der Waals surface area (Å²) in [7, 11) is 1.62. The van der Waals surface area contributed by atoms with Crippen molar-refractivity contribution >= 4 is 51.8 Å². The summed E-state index contributed by atoms with van der Waals surface area (Å²) in [6, 6.07) is 12.2. The van der Waals surface area contributed by atoms with Gasteiger partial charge in [-0.05, 0) is 43.2 Å². The summed E-state index contributed by atoms with van der Waals surface area (Å²) in [5.41, 5.74) is 1.35. The Labute approximate surface area is 194 Å². The van der Waals surface area contributed by atoms with Gasteiger partial charge >= 0.3 is 0 Å². The predicted molar refractivity (Wildman–Crippen MR) is 126 cm³/mol. The molecule has 164 valence electrons. The average molecular weight is 480 g/mol. The second kappa shape index (κ2) is 11.0. The third kappa shape index (κ3) is 6.01. The minimum absolute atomic E-state index is 0.117. The number of methoxy groups -OCH3 is 1. The fourth-order valence-electron chi connectivity index (χ4n) is 3.10. The number of nitrogens with one attached hydrogen (secondary N) is 1. The summed E-state index contributed by atoms with van der Waals surface area (Å²) in [6.45, 7) is 2.87. The van der Waals surface area contributed by atoms with Crippen LogP contribution in [0.25, 0.3) is 10.9 Å². The van der Waals surface area contributed by atoms with Gasteiger partial charge in [0.05, 0.1) is 32.7 Å². The molecule has 0 aliphatic carbocycles. The van der Waals surface area contributed by atoms with E-state index in [4.69, 9.17) is 27.9 Å². The van der Waals surface area contributed by atoms with E-state index >= 15 is 0 Å². The van der Waals surface area contributed by atoms with Crippen molar-refractivity contribution in [1.29, 1.82) is 0 Å². The standard InChI is InChI=1S/C22H23Cl2N3O3S/c1-14(15-8-9-17(23)18(24)12-15)25-20(28)13-31-22-26-19-7-4-3-6-16(19)21(29)27(22)10-5-11-30-2/h3-4,6-9,12,14H,5,10-11,13H2,1-2H3,(H,25,28). The van der Waals surface area contributed by atoms with Crippen molar-refractivity contribution < 1.29 is 9.53 Å². The lowest BCUT2D eigenvalue weighted by atomic mass is 10.1. The van der Waals surface area contributed by atoms with E-state index in [2.05, 4.69) is 10.3 Å². The summed E-state index contributed by atoms with van der Waals surface area (Å²) in [6.07, 6.45) is 0.671.